The highest BCUT2D eigenvalue weighted by Gasteiger charge is 2.27. The number of thiophene rings is 1. The van der Waals surface area contributed by atoms with Crippen LogP contribution in [0, 0.1) is 0 Å². The number of ether oxygens (including phenoxy) is 1. The summed E-state index contributed by atoms with van der Waals surface area (Å²) in [6.07, 6.45) is 5.17. The molecule has 0 unspecified atom stereocenters. The Labute approximate surface area is 284 Å². The smallest absolute Gasteiger partial charge is 0.341 e. The molecule has 4 aromatic rings. The number of hydrogen-bond acceptors (Lipinski definition) is 7. The van der Waals surface area contributed by atoms with Crippen LogP contribution in [-0.4, -0.2) is 36.6 Å². The van der Waals surface area contributed by atoms with Crippen LogP contribution >= 0.6 is 46.3 Å². The summed E-state index contributed by atoms with van der Waals surface area (Å²) in [4.78, 5) is 53.7. The third-order valence-corrected chi connectivity index (χ3v) is 10.1. The van der Waals surface area contributed by atoms with E-state index in [0.29, 0.717) is 32.4 Å². The van der Waals surface area contributed by atoms with Gasteiger partial charge >= 0.3 is 5.97 Å². The Morgan fingerprint density at radius 3 is 2.48 bits per heavy atom. The Balaban J connectivity index is 1.28. The standard InChI is InChI=1S/C34H29Cl2N3O5S2/c1-44-34(43)29-24-14-5-6-16-27(24)46-33(29)39-28(40)19-45-23-13-8-12-22(18-23)37-32(42)26(17-21-11-7-15-25(35)30(21)36)38-31(41)20-9-3-2-4-10-20/h2-4,7-13,15,17-18H,5-6,14,16,19H2,1H3,(H,37,42)(H,38,41)(H,39,40)/b26-17+. The van der Waals surface area contributed by atoms with E-state index in [4.69, 9.17) is 27.9 Å². The number of carbonyl (C=O) groups excluding carboxylic acids is 4. The maximum Gasteiger partial charge on any atom is 0.341 e. The van der Waals surface area contributed by atoms with Gasteiger partial charge in [-0.05, 0) is 79.3 Å². The molecule has 0 saturated heterocycles. The number of carbonyl (C=O) groups is 4. The van der Waals surface area contributed by atoms with Crippen LogP contribution in [0.2, 0.25) is 10.0 Å². The van der Waals surface area contributed by atoms with E-state index < -0.39 is 17.8 Å². The van der Waals surface area contributed by atoms with Gasteiger partial charge in [-0.3, -0.25) is 14.4 Å². The van der Waals surface area contributed by atoms with E-state index >= 15 is 0 Å². The third-order valence-electron chi connectivity index (χ3n) is 7.09. The van der Waals surface area contributed by atoms with E-state index in [-0.39, 0.29) is 22.4 Å². The number of amides is 3. The SMILES string of the molecule is COC(=O)c1c(NC(=O)CSc2cccc(NC(=O)/C(=C\c3cccc(Cl)c3Cl)NC(=O)c3ccccc3)c2)sc2c1CCCC2. The predicted molar refractivity (Wildman–Crippen MR) is 185 cm³/mol. The first-order valence-electron chi connectivity index (χ1n) is 14.3. The van der Waals surface area contributed by atoms with E-state index in [1.807, 2.05) is 6.07 Å². The van der Waals surface area contributed by atoms with Gasteiger partial charge in [-0.1, -0.05) is 59.6 Å². The highest BCUT2D eigenvalue weighted by Crippen LogP contribution is 2.38. The summed E-state index contributed by atoms with van der Waals surface area (Å²) in [7, 11) is 1.34. The van der Waals surface area contributed by atoms with E-state index in [0.717, 1.165) is 41.0 Å². The zero-order chi connectivity index (χ0) is 32.6. The second-order valence-corrected chi connectivity index (χ2v) is 13.2. The molecule has 1 aliphatic carbocycles. The number of esters is 1. The van der Waals surface area contributed by atoms with Gasteiger partial charge in [0.1, 0.15) is 10.7 Å². The van der Waals surface area contributed by atoms with Crippen LogP contribution in [-0.2, 0) is 27.2 Å². The van der Waals surface area contributed by atoms with Crippen LogP contribution in [0.25, 0.3) is 6.08 Å². The van der Waals surface area contributed by atoms with E-state index in [1.165, 1.54) is 36.3 Å². The molecule has 46 heavy (non-hydrogen) atoms. The largest absolute Gasteiger partial charge is 0.465 e. The molecular formula is C34H29Cl2N3O5S2. The average molecular weight is 695 g/mol. The van der Waals surface area contributed by atoms with E-state index in [9.17, 15) is 19.2 Å². The van der Waals surface area contributed by atoms with Crippen molar-refractivity contribution in [3.8, 4) is 0 Å². The lowest BCUT2D eigenvalue weighted by Gasteiger charge is -2.13. The molecule has 1 heterocycles. The Bertz CT molecular complexity index is 1820. The number of hydrogen-bond donors (Lipinski definition) is 3. The van der Waals surface area contributed by atoms with Crippen LogP contribution in [0.5, 0.6) is 0 Å². The maximum atomic E-state index is 13.5. The van der Waals surface area contributed by atoms with Crippen molar-refractivity contribution in [2.24, 2.45) is 0 Å². The van der Waals surface area contributed by atoms with E-state index in [1.54, 1.807) is 66.7 Å². The van der Waals surface area contributed by atoms with Gasteiger partial charge in [0.25, 0.3) is 11.8 Å². The Hall–Kier alpha value is -4.09. The van der Waals surface area contributed by atoms with Crippen molar-refractivity contribution in [3.63, 3.8) is 0 Å². The molecule has 3 N–H and O–H groups in total. The van der Waals surface area contributed by atoms with Crippen molar-refractivity contribution in [1.29, 1.82) is 0 Å². The molecule has 0 fully saturated rings. The minimum absolute atomic E-state index is 0.0458. The van der Waals surface area contributed by atoms with Crippen molar-refractivity contribution in [1.82, 2.24) is 5.32 Å². The molecule has 0 aliphatic heterocycles. The first kappa shape index (κ1) is 33.3. The summed E-state index contributed by atoms with van der Waals surface area (Å²) in [5.41, 5.74) is 2.65. The van der Waals surface area contributed by atoms with Crippen LogP contribution in [0.1, 0.15) is 49.6 Å². The van der Waals surface area contributed by atoms with Crippen molar-refractivity contribution >= 4 is 86.8 Å². The predicted octanol–water partition coefficient (Wildman–Crippen LogP) is 7.86. The maximum absolute atomic E-state index is 13.5. The lowest BCUT2D eigenvalue weighted by molar-refractivity contribution is -0.114. The molecule has 0 atom stereocenters. The zero-order valence-electron chi connectivity index (χ0n) is 24.7. The van der Waals surface area contributed by atoms with Gasteiger partial charge in [0, 0.05) is 21.0 Å². The van der Waals surface area contributed by atoms with Gasteiger partial charge in [-0.25, -0.2) is 4.79 Å². The number of rotatable bonds is 10. The van der Waals surface area contributed by atoms with Gasteiger partial charge in [0.05, 0.1) is 28.5 Å². The molecule has 0 bridgehead atoms. The number of methoxy groups -OCH3 is 1. The number of anilines is 2. The first-order valence-corrected chi connectivity index (χ1v) is 16.9. The molecular weight excluding hydrogens is 665 g/mol. The molecule has 0 spiro atoms. The zero-order valence-corrected chi connectivity index (χ0v) is 27.8. The molecule has 8 nitrogen and oxygen atoms in total. The van der Waals surface area contributed by atoms with Crippen molar-refractivity contribution < 1.29 is 23.9 Å². The highest BCUT2D eigenvalue weighted by atomic mass is 35.5. The summed E-state index contributed by atoms with van der Waals surface area (Å²) >= 11 is 15.2. The van der Waals surface area contributed by atoms with Gasteiger partial charge < -0.3 is 20.7 Å². The van der Waals surface area contributed by atoms with Crippen molar-refractivity contribution in [3.05, 3.63) is 116 Å². The molecule has 0 saturated carbocycles. The lowest BCUT2D eigenvalue weighted by atomic mass is 9.95. The molecule has 5 rings (SSSR count). The molecule has 236 valence electrons. The van der Waals surface area contributed by atoms with Crippen LogP contribution < -0.4 is 16.0 Å². The fourth-order valence-electron chi connectivity index (χ4n) is 4.88. The highest BCUT2D eigenvalue weighted by molar-refractivity contribution is 8.00. The fraction of sp³-hybridized carbons (Fsp3) is 0.176. The van der Waals surface area contributed by atoms with Crippen LogP contribution in [0.3, 0.4) is 0 Å². The van der Waals surface area contributed by atoms with Gasteiger partial charge in [0.15, 0.2) is 0 Å². The second kappa shape index (κ2) is 15.5. The van der Waals surface area contributed by atoms with Crippen LogP contribution in [0.4, 0.5) is 10.7 Å². The number of thioether (sulfide) groups is 1. The molecule has 12 heteroatoms. The molecule has 1 aromatic heterocycles. The van der Waals surface area contributed by atoms with Gasteiger partial charge in [0.2, 0.25) is 5.91 Å². The first-order chi connectivity index (χ1) is 22.2. The number of nitrogens with one attached hydrogen (secondary N) is 3. The summed E-state index contributed by atoms with van der Waals surface area (Å²) in [5, 5.41) is 9.45. The van der Waals surface area contributed by atoms with Crippen LogP contribution in [0.15, 0.2) is 83.4 Å². The molecule has 3 amide bonds. The normalized spacial score (nSPS) is 12.5. The summed E-state index contributed by atoms with van der Waals surface area (Å²) < 4.78 is 5.00. The topological polar surface area (TPSA) is 114 Å². The molecule has 3 aromatic carbocycles. The van der Waals surface area contributed by atoms with Crippen molar-refractivity contribution in [2.75, 3.05) is 23.5 Å². The Morgan fingerprint density at radius 1 is 0.935 bits per heavy atom. The minimum Gasteiger partial charge on any atom is -0.465 e. The Kier molecular flexibility index (Phi) is 11.2. The number of fused-ring (bicyclic) bond motifs is 1. The number of halogens is 2. The van der Waals surface area contributed by atoms with Gasteiger partial charge in [-0.2, -0.15) is 0 Å². The summed E-state index contributed by atoms with van der Waals surface area (Å²) in [6.45, 7) is 0. The molecule has 0 radical (unpaired) electrons. The number of benzene rings is 3. The average Bonchev–Trinajstić information content (AvgIpc) is 3.43. The lowest BCUT2D eigenvalue weighted by Crippen LogP contribution is -2.30. The molecule has 1 aliphatic rings. The van der Waals surface area contributed by atoms with E-state index in [2.05, 4.69) is 16.0 Å². The summed E-state index contributed by atoms with van der Waals surface area (Å²) in [6, 6.07) is 20.5. The second-order valence-electron chi connectivity index (χ2n) is 10.2. The third kappa shape index (κ3) is 8.19. The number of aryl methyl sites for hydroxylation is 1. The fourth-order valence-corrected chi connectivity index (χ4v) is 7.29. The van der Waals surface area contributed by atoms with Crippen molar-refractivity contribution in [2.45, 2.75) is 30.6 Å². The van der Waals surface area contributed by atoms with Gasteiger partial charge in [-0.15, -0.1) is 23.1 Å². The monoisotopic (exact) mass is 693 g/mol. The quantitative estimate of drug-likeness (QED) is 0.0885. The minimum atomic E-state index is -0.586. The Morgan fingerprint density at radius 2 is 1.70 bits per heavy atom. The summed E-state index contributed by atoms with van der Waals surface area (Å²) in [5.74, 6) is -1.70.